The summed E-state index contributed by atoms with van der Waals surface area (Å²) in [6.07, 6.45) is 0. The van der Waals surface area contributed by atoms with E-state index in [4.69, 9.17) is 19.9 Å². The lowest BCUT2D eigenvalue weighted by molar-refractivity contribution is -0.142. The number of hydrogen-bond donors (Lipinski definition) is 1. The van der Waals surface area contributed by atoms with Crippen LogP contribution in [0.1, 0.15) is 11.6 Å². The topological polar surface area (TPSA) is 70.8 Å². The van der Waals surface area contributed by atoms with Gasteiger partial charge in [-0.25, -0.2) is 0 Å². The minimum Gasteiger partial charge on any atom is -0.468 e. The molecule has 0 saturated heterocycles. The van der Waals surface area contributed by atoms with Crippen molar-refractivity contribution in [2.75, 3.05) is 7.11 Å². The Balaban J connectivity index is 1.95. The van der Waals surface area contributed by atoms with Crippen molar-refractivity contribution in [3.8, 4) is 23.0 Å². The summed E-state index contributed by atoms with van der Waals surface area (Å²) in [6, 6.07) is 22.9. The molecule has 132 valence electrons. The van der Waals surface area contributed by atoms with Crippen molar-refractivity contribution in [2.24, 2.45) is 5.73 Å². The molecular formula is C21H19NO4. The van der Waals surface area contributed by atoms with Gasteiger partial charge in [-0.1, -0.05) is 42.5 Å². The number of esters is 1. The fourth-order valence-electron chi connectivity index (χ4n) is 2.38. The molecule has 0 aliphatic carbocycles. The maximum Gasteiger partial charge on any atom is 0.327 e. The molecule has 0 unspecified atom stereocenters. The zero-order chi connectivity index (χ0) is 18.4. The Morgan fingerprint density at radius 3 is 1.88 bits per heavy atom. The molecule has 0 bridgehead atoms. The van der Waals surface area contributed by atoms with E-state index in [1.54, 1.807) is 18.2 Å². The number of methoxy groups -OCH3 is 1. The van der Waals surface area contributed by atoms with Crippen LogP contribution in [0.2, 0.25) is 0 Å². The van der Waals surface area contributed by atoms with Crippen molar-refractivity contribution in [3.05, 3.63) is 84.4 Å². The van der Waals surface area contributed by atoms with Crippen molar-refractivity contribution < 1.29 is 19.0 Å². The molecule has 0 aromatic heterocycles. The van der Waals surface area contributed by atoms with Gasteiger partial charge in [-0.15, -0.1) is 0 Å². The second kappa shape index (κ2) is 8.18. The number of rotatable bonds is 6. The van der Waals surface area contributed by atoms with Crippen LogP contribution in [0.5, 0.6) is 23.0 Å². The molecule has 2 N–H and O–H groups in total. The van der Waals surface area contributed by atoms with Crippen molar-refractivity contribution in [3.63, 3.8) is 0 Å². The van der Waals surface area contributed by atoms with Gasteiger partial charge in [0.1, 0.15) is 17.5 Å². The SMILES string of the molecule is COC(=O)[C@@H](N)c1ccc(Oc2ccccc2)c(Oc2ccccc2)c1. The average molecular weight is 349 g/mol. The first-order valence-corrected chi connectivity index (χ1v) is 8.10. The summed E-state index contributed by atoms with van der Waals surface area (Å²) in [5.41, 5.74) is 6.52. The molecule has 0 fully saturated rings. The Morgan fingerprint density at radius 1 is 0.808 bits per heavy atom. The Kier molecular flexibility index (Phi) is 5.51. The van der Waals surface area contributed by atoms with Gasteiger partial charge in [0.05, 0.1) is 7.11 Å². The minimum absolute atomic E-state index is 0.455. The van der Waals surface area contributed by atoms with E-state index in [0.717, 1.165) is 0 Å². The third-order valence-corrected chi connectivity index (χ3v) is 3.72. The molecule has 0 heterocycles. The quantitative estimate of drug-likeness (QED) is 0.666. The molecule has 26 heavy (non-hydrogen) atoms. The first-order valence-electron chi connectivity index (χ1n) is 8.10. The lowest BCUT2D eigenvalue weighted by Crippen LogP contribution is -2.22. The van der Waals surface area contributed by atoms with Crippen LogP contribution >= 0.6 is 0 Å². The minimum atomic E-state index is -0.899. The van der Waals surface area contributed by atoms with E-state index in [0.29, 0.717) is 28.6 Å². The van der Waals surface area contributed by atoms with Gasteiger partial charge in [0, 0.05) is 0 Å². The molecule has 5 heteroatoms. The Bertz CT molecular complexity index is 866. The number of ether oxygens (including phenoxy) is 3. The highest BCUT2D eigenvalue weighted by molar-refractivity contribution is 5.77. The highest BCUT2D eigenvalue weighted by Gasteiger charge is 2.19. The Morgan fingerprint density at radius 2 is 1.35 bits per heavy atom. The van der Waals surface area contributed by atoms with Gasteiger partial charge >= 0.3 is 5.97 Å². The molecule has 3 aromatic carbocycles. The highest BCUT2D eigenvalue weighted by atomic mass is 16.5. The molecule has 0 aliphatic heterocycles. The van der Waals surface area contributed by atoms with Crippen molar-refractivity contribution >= 4 is 5.97 Å². The molecule has 5 nitrogen and oxygen atoms in total. The van der Waals surface area contributed by atoms with Gasteiger partial charge in [0.2, 0.25) is 0 Å². The van der Waals surface area contributed by atoms with E-state index >= 15 is 0 Å². The molecule has 0 aliphatic rings. The maximum absolute atomic E-state index is 11.7. The van der Waals surface area contributed by atoms with Crippen molar-refractivity contribution in [2.45, 2.75) is 6.04 Å². The molecular weight excluding hydrogens is 330 g/mol. The lowest BCUT2D eigenvalue weighted by atomic mass is 10.1. The number of nitrogens with two attached hydrogens (primary N) is 1. The zero-order valence-corrected chi connectivity index (χ0v) is 14.3. The number of carbonyl (C=O) groups excluding carboxylic acids is 1. The maximum atomic E-state index is 11.7. The normalized spacial score (nSPS) is 11.5. The zero-order valence-electron chi connectivity index (χ0n) is 14.3. The summed E-state index contributed by atoms with van der Waals surface area (Å²) in [5.74, 6) is 1.77. The van der Waals surface area contributed by atoms with Crippen LogP contribution in [0.15, 0.2) is 78.9 Å². The molecule has 0 saturated carbocycles. The summed E-state index contributed by atoms with van der Waals surface area (Å²) in [6.45, 7) is 0. The predicted molar refractivity (Wildman–Crippen MR) is 98.4 cm³/mol. The first kappa shape index (κ1) is 17.5. The Labute approximate surface area is 151 Å². The summed E-state index contributed by atoms with van der Waals surface area (Å²) in [7, 11) is 1.30. The number of carbonyl (C=O) groups is 1. The van der Waals surface area contributed by atoms with Crippen LogP contribution in [-0.4, -0.2) is 13.1 Å². The third-order valence-electron chi connectivity index (χ3n) is 3.72. The summed E-state index contributed by atoms with van der Waals surface area (Å²) in [4.78, 5) is 11.7. The average Bonchev–Trinajstić information content (AvgIpc) is 2.69. The molecule has 0 radical (unpaired) electrons. The standard InChI is InChI=1S/C21H19NO4/c1-24-21(23)20(22)15-12-13-18(25-16-8-4-2-5-9-16)19(14-15)26-17-10-6-3-7-11-17/h2-14,20H,22H2,1H3/t20-/m0/s1. The largest absolute Gasteiger partial charge is 0.468 e. The number of para-hydroxylation sites is 2. The van der Waals surface area contributed by atoms with Gasteiger partial charge in [-0.05, 0) is 42.0 Å². The van der Waals surface area contributed by atoms with E-state index in [1.165, 1.54) is 7.11 Å². The molecule has 3 aromatic rings. The van der Waals surface area contributed by atoms with Gasteiger partial charge in [0.25, 0.3) is 0 Å². The molecule has 3 rings (SSSR count). The number of hydrogen-bond acceptors (Lipinski definition) is 5. The fraction of sp³-hybridized carbons (Fsp3) is 0.0952. The molecule has 1 atom stereocenters. The molecule has 0 spiro atoms. The van der Waals surface area contributed by atoms with Crippen LogP contribution in [0.25, 0.3) is 0 Å². The molecule has 0 amide bonds. The fourth-order valence-corrected chi connectivity index (χ4v) is 2.38. The second-order valence-corrected chi connectivity index (χ2v) is 5.54. The predicted octanol–water partition coefficient (Wildman–Crippen LogP) is 4.44. The van der Waals surface area contributed by atoms with E-state index in [-0.39, 0.29) is 0 Å². The number of benzene rings is 3. The lowest BCUT2D eigenvalue weighted by Gasteiger charge is -2.16. The van der Waals surface area contributed by atoms with E-state index < -0.39 is 12.0 Å². The Hall–Kier alpha value is -3.31. The highest BCUT2D eigenvalue weighted by Crippen LogP contribution is 2.36. The van der Waals surface area contributed by atoms with Gasteiger partial charge < -0.3 is 19.9 Å². The third kappa shape index (κ3) is 4.20. The van der Waals surface area contributed by atoms with Crippen molar-refractivity contribution in [1.82, 2.24) is 0 Å². The van der Waals surface area contributed by atoms with Crippen LogP contribution in [0.4, 0.5) is 0 Å². The van der Waals surface area contributed by atoms with Crippen LogP contribution in [-0.2, 0) is 9.53 Å². The van der Waals surface area contributed by atoms with Gasteiger partial charge in [-0.3, -0.25) is 4.79 Å². The summed E-state index contributed by atoms with van der Waals surface area (Å²) >= 11 is 0. The van der Waals surface area contributed by atoms with Crippen LogP contribution in [0.3, 0.4) is 0 Å². The summed E-state index contributed by atoms with van der Waals surface area (Å²) in [5, 5.41) is 0. The monoisotopic (exact) mass is 349 g/mol. The van der Waals surface area contributed by atoms with E-state index in [9.17, 15) is 4.79 Å². The van der Waals surface area contributed by atoms with Crippen molar-refractivity contribution in [1.29, 1.82) is 0 Å². The van der Waals surface area contributed by atoms with Gasteiger partial charge in [0.15, 0.2) is 11.5 Å². The smallest absolute Gasteiger partial charge is 0.327 e. The second-order valence-electron chi connectivity index (χ2n) is 5.54. The van der Waals surface area contributed by atoms with E-state index in [2.05, 4.69) is 0 Å². The van der Waals surface area contributed by atoms with Crippen LogP contribution < -0.4 is 15.2 Å². The van der Waals surface area contributed by atoms with Gasteiger partial charge in [-0.2, -0.15) is 0 Å². The first-order chi connectivity index (χ1) is 12.7. The van der Waals surface area contributed by atoms with E-state index in [1.807, 2.05) is 60.7 Å². The van der Waals surface area contributed by atoms with Crippen LogP contribution in [0, 0.1) is 0 Å². The summed E-state index contributed by atoms with van der Waals surface area (Å²) < 4.78 is 16.6.